The quantitative estimate of drug-likeness (QED) is 0.152. The number of rotatable bonds is 8. The number of benzene rings is 9. The van der Waals surface area contributed by atoms with Crippen molar-refractivity contribution < 1.29 is 0 Å². The zero-order chi connectivity index (χ0) is 42.8. The fourth-order valence-corrected chi connectivity index (χ4v) is 11.0. The van der Waals surface area contributed by atoms with Crippen molar-refractivity contribution >= 4 is 110 Å². The van der Waals surface area contributed by atoms with E-state index in [0.717, 1.165) is 34.1 Å². The summed E-state index contributed by atoms with van der Waals surface area (Å²) >= 11 is 0. The first-order chi connectivity index (χ1) is 31.5. The molecule has 0 spiro atoms. The van der Waals surface area contributed by atoms with Crippen LogP contribution in [0.3, 0.4) is 0 Å². The molecule has 0 unspecified atom stereocenters. The summed E-state index contributed by atoms with van der Waals surface area (Å²) in [7, 11) is 0. The van der Waals surface area contributed by atoms with Gasteiger partial charge in [-0.25, -0.2) is 0 Å². The number of nitrogens with zero attached hydrogens (tertiary/aromatic N) is 4. The molecule has 0 radical (unpaired) electrons. The first kappa shape index (κ1) is 36.8. The van der Waals surface area contributed by atoms with Gasteiger partial charge in [0.1, 0.15) is 0 Å². The molecule has 64 heavy (non-hydrogen) atoms. The van der Waals surface area contributed by atoms with Crippen molar-refractivity contribution in [3.63, 3.8) is 0 Å². The molecule has 13 rings (SSSR count). The molecule has 306 valence electrons. The van der Waals surface area contributed by atoms with Gasteiger partial charge in [-0.1, -0.05) is 149 Å². The van der Waals surface area contributed by atoms with E-state index < -0.39 is 0 Å². The minimum absolute atomic E-state index is 0.449. The lowest BCUT2D eigenvalue weighted by molar-refractivity contribution is 0.866. The molecular formula is C60H46N4. The third-order valence-electron chi connectivity index (χ3n) is 13.9. The smallest absolute Gasteiger partial charge is 0.0783 e. The molecule has 0 aliphatic carbocycles. The fourth-order valence-electron chi connectivity index (χ4n) is 11.0. The number of hydrogen-bond acceptors (Lipinski definition) is 2. The Kier molecular flexibility index (Phi) is 7.96. The Morgan fingerprint density at radius 2 is 0.625 bits per heavy atom. The normalized spacial score (nSPS) is 12.3. The van der Waals surface area contributed by atoms with E-state index in [9.17, 15) is 0 Å². The molecule has 0 saturated carbocycles. The van der Waals surface area contributed by atoms with Crippen LogP contribution in [-0.2, 0) is 0 Å². The number of para-hydroxylation sites is 6. The van der Waals surface area contributed by atoms with Gasteiger partial charge in [-0.2, -0.15) is 0 Å². The van der Waals surface area contributed by atoms with Gasteiger partial charge in [0.05, 0.1) is 44.5 Å². The van der Waals surface area contributed by atoms with E-state index in [2.05, 4.69) is 240 Å². The highest BCUT2D eigenvalue weighted by Crippen LogP contribution is 2.55. The van der Waals surface area contributed by atoms with E-state index in [-0.39, 0.29) is 0 Å². The molecule has 0 aliphatic rings. The van der Waals surface area contributed by atoms with E-state index >= 15 is 0 Å². The van der Waals surface area contributed by atoms with Crippen LogP contribution in [0.5, 0.6) is 0 Å². The number of hydrogen-bond donors (Lipinski definition) is 0. The molecule has 4 aromatic heterocycles. The Hall–Kier alpha value is -7.82. The zero-order valence-electron chi connectivity index (χ0n) is 36.4. The van der Waals surface area contributed by atoms with Gasteiger partial charge in [-0.3, -0.25) is 0 Å². The van der Waals surface area contributed by atoms with Crippen molar-refractivity contribution in [1.82, 2.24) is 8.80 Å². The zero-order valence-corrected chi connectivity index (χ0v) is 36.4. The van der Waals surface area contributed by atoms with Crippen LogP contribution in [0.1, 0.15) is 50.7 Å². The summed E-state index contributed by atoms with van der Waals surface area (Å²) in [4.78, 5) is 4.91. The first-order valence-corrected chi connectivity index (χ1v) is 22.7. The van der Waals surface area contributed by atoms with Crippen LogP contribution in [0.4, 0.5) is 34.1 Å². The van der Waals surface area contributed by atoms with Gasteiger partial charge in [0.2, 0.25) is 0 Å². The molecule has 13 aromatic rings. The molecule has 0 aliphatic heterocycles. The maximum absolute atomic E-state index is 2.60. The van der Waals surface area contributed by atoms with Crippen LogP contribution in [0.2, 0.25) is 0 Å². The van der Waals surface area contributed by atoms with Crippen LogP contribution in [0.15, 0.2) is 194 Å². The average Bonchev–Trinajstić information content (AvgIpc) is 4.07. The van der Waals surface area contributed by atoms with Crippen molar-refractivity contribution in [3.05, 3.63) is 205 Å². The van der Waals surface area contributed by atoms with Gasteiger partial charge >= 0.3 is 0 Å². The highest BCUT2D eigenvalue weighted by atomic mass is 15.2. The monoisotopic (exact) mass is 822 g/mol. The van der Waals surface area contributed by atoms with Crippen molar-refractivity contribution in [2.75, 3.05) is 9.80 Å². The minimum Gasteiger partial charge on any atom is -0.308 e. The molecule has 0 N–H and O–H groups in total. The summed E-state index contributed by atoms with van der Waals surface area (Å²) in [6, 6.07) is 72.1. The lowest BCUT2D eigenvalue weighted by Gasteiger charge is -2.26. The number of fused-ring (bicyclic) bond motifs is 14. The van der Waals surface area contributed by atoms with Crippen LogP contribution < -0.4 is 9.80 Å². The molecular weight excluding hydrogens is 777 g/mol. The lowest BCUT2D eigenvalue weighted by atomic mass is 9.97. The Morgan fingerprint density at radius 1 is 0.297 bits per heavy atom. The van der Waals surface area contributed by atoms with E-state index in [1.807, 2.05) is 0 Å². The number of aromatic nitrogens is 2. The predicted octanol–water partition coefficient (Wildman–Crippen LogP) is 17.2. The molecule has 4 heterocycles. The molecule has 0 fully saturated rings. The fraction of sp³-hybridized carbons (Fsp3) is 0.100. The van der Waals surface area contributed by atoms with E-state index in [4.69, 9.17) is 0 Å². The van der Waals surface area contributed by atoms with Crippen molar-refractivity contribution in [2.24, 2.45) is 0 Å². The predicted molar refractivity (Wildman–Crippen MR) is 273 cm³/mol. The van der Waals surface area contributed by atoms with Gasteiger partial charge in [0, 0.05) is 65.8 Å². The first-order valence-electron chi connectivity index (χ1n) is 22.7. The summed E-state index contributed by atoms with van der Waals surface area (Å²) in [6.07, 6.45) is 0. The summed E-state index contributed by atoms with van der Waals surface area (Å²) < 4.78 is 5.19. The number of anilines is 6. The molecule has 4 nitrogen and oxygen atoms in total. The molecule has 0 atom stereocenters. The topological polar surface area (TPSA) is 15.3 Å². The second-order valence-corrected chi connectivity index (χ2v) is 18.1. The molecule has 0 saturated heterocycles. The largest absolute Gasteiger partial charge is 0.308 e. The van der Waals surface area contributed by atoms with Gasteiger partial charge < -0.3 is 18.6 Å². The Labute approximate surface area is 372 Å². The summed E-state index contributed by atoms with van der Waals surface area (Å²) in [5.74, 6) is 0.899. The average molecular weight is 823 g/mol. The van der Waals surface area contributed by atoms with Crippen molar-refractivity contribution in [2.45, 2.75) is 39.5 Å². The second-order valence-electron chi connectivity index (χ2n) is 18.1. The Bertz CT molecular complexity index is 3620. The van der Waals surface area contributed by atoms with E-state index in [1.54, 1.807) is 0 Å². The maximum atomic E-state index is 2.60. The van der Waals surface area contributed by atoms with Gasteiger partial charge in [-0.05, 0) is 95.8 Å². The third kappa shape index (κ3) is 5.05. The van der Waals surface area contributed by atoms with E-state index in [1.165, 1.54) is 87.3 Å². The molecule has 4 heteroatoms. The second kappa shape index (κ2) is 13.8. The van der Waals surface area contributed by atoms with Crippen molar-refractivity contribution in [3.8, 4) is 0 Å². The third-order valence-corrected chi connectivity index (χ3v) is 13.9. The summed E-state index contributed by atoms with van der Waals surface area (Å²) in [5, 5.41) is 10.3. The maximum Gasteiger partial charge on any atom is 0.0783 e. The van der Waals surface area contributed by atoms with E-state index in [0.29, 0.717) is 11.8 Å². The lowest BCUT2D eigenvalue weighted by Crippen LogP contribution is -2.11. The summed E-state index contributed by atoms with van der Waals surface area (Å²) in [5.41, 5.74) is 16.9. The SMILES string of the molecule is CC(C)c1ccc(N(c2ccccc2)c2cccc3c4c5c6ccccc6n6c7c(N(c8ccccc8)c8ccc(C(C)C)cc8)cccc7c(c7c8ccccc8n(c23)c74)c56)cc1. The van der Waals surface area contributed by atoms with Gasteiger partial charge in [0.25, 0.3) is 0 Å². The Morgan fingerprint density at radius 3 is 1.02 bits per heavy atom. The van der Waals surface area contributed by atoms with Crippen LogP contribution in [0.25, 0.3) is 76.2 Å². The summed E-state index contributed by atoms with van der Waals surface area (Å²) in [6.45, 7) is 9.05. The van der Waals surface area contributed by atoms with Crippen LogP contribution >= 0.6 is 0 Å². The molecule has 0 amide bonds. The highest BCUT2D eigenvalue weighted by molar-refractivity contribution is 6.46. The van der Waals surface area contributed by atoms with Crippen molar-refractivity contribution in [1.29, 1.82) is 0 Å². The minimum atomic E-state index is 0.449. The Balaban J connectivity index is 1.20. The molecule has 0 bridgehead atoms. The molecule has 9 aromatic carbocycles. The van der Waals surface area contributed by atoms with Crippen LogP contribution in [0, 0.1) is 0 Å². The van der Waals surface area contributed by atoms with Gasteiger partial charge in [-0.15, -0.1) is 0 Å². The van der Waals surface area contributed by atoms with Crippen LogP contribution in [-0.4, -0.2) is 8.80 Å². The van der Waals surface area contributed by atoms with Gasteiger partial charge in [0.15, 0.2) is 0 Å². The highest BCUT2D eigenvalue weighted by Gasteiger charge is 2.31. The standard InChI is InChI=1S/C60H46N4/c1-37(2)39-29-33-43(34-30-39)61(41-17-7-5-8-18-41)51-27-15-23-47-55-53-46-22-12-14-26-50(46)64-58-48(56(60(53)64)54-45-21-11-13-25-49(45)63(57(47)51)59(54)55)24-16-28-52(58)62(42-19-9-6-10-20-42)44-35-31-40(32-36-44)38(3)4/h5-38H,1-4H3.